The molecule has 0 radical (unpaired) electrons. The predicted octanol–water partition coefficient (Wildman–Crippen LogP) is 2.49. The third-order valence-electron chi connectivity index (χ3n) is 5.94. The van der Waals surface area contributed by atoms with Crippen molar-refractivity contribution in [3.8, 4) is 0 Å². The van der Waals surface area contributed by atoms with Gasteiger partial charge in [-0.25, -0.2) is 0 Å². The van der Waals surface area contributed by atoms with E-state index >= 15 is 0 Å². The maximum absolute atomic E-state index is 12.3. The normalized spacial score (nSPS) is 17.0. The van der Waals surface area contributed by atoms with E-state index in [1.54, 1.807) is 0 Å². The molecule has 6 heteroatoms. The van der Waals surface area contributed by atoms with Crippen molar-refractivity contribution in [2.24, 2.45) is 5.92 Å². The summed E-state index contributed by atoms with van der Waals surface area (Å²) in [6, 6.07) is 8.02. The van der Waals surface area contributed by atoms with E-state index in [1.807, 2.05) is 24.3 Å². The van der Waals surface area contributed by atoms with Gasteiger partial charge in [-0.3, -0.25) is 14.5 Å². The Morgan fingerprint density at radius 3 is 2.13 bits per heavy atom. The van der Waals surface area contributed by atoms with Crippen molar-refractivity contribution in [1.29, 1.82) is 0 Å². The van der Waals surface area contributed by atoms with E-state index in [0.29, 0.717) is 37.0 Å². The third kappa shape index (κ3) is 7.40. The summed E-state index contributed by atoms with van der Waals surface area (Å²) in [4.78, 5) is 29.4. The largest absolute Gasteiger partial charge is 0.354 e. The lowest BCUT2D eigenvalue weighted by Crippen LogP contribution is -2.54. The summed E-state index contributed by atoms with van der Waals surface area (Å²) < 4.78 is 0. The van der Waals surface area contributed by atoms with Crippen LogP contribution in [0.3, 0.4) is 0 Å². The number of hydrogen-bond acceptors (Lipinski definition) is 4. The standard InChI is InChI=1S/C24H40N4O2/c1-18(2)21(28-15-13-27(6)14-16-28)17-26-22(29)11-12-25-23(30)19-7-9-20(10-8-19)24(3,4)5/h7-10,18,21H,11-17H2,1-6H3,(H,25,30)(H,26,29). The summed E-state index contributed by atoms with van der Waals surface area (Å²) in [5.74, 6) is 0.323. The van der Waals surface area contributed by atoms with Gasteiger partial charge in [0.15, 0.2) is 0 Å². The lowest BCUT2D eigenvalue weighted by molar-refractivity contribution is -0.121. The summed E-state index contributed by atoms with van der Waals surface area (Å²) in [5.41, 5.74) is 1.88. The molecule has 1 aromatic rings. The average Bonchev–Trinajstić information content (AvgIpc) is 2.68. The molecule has 1 fully saturated rings. The van der Waals surface area contributed by atoms with Gasteiger partial charge < -0.3 is 15.5 Å². The fraction of sp³-hybridized carbons (Fsp3) is 0.667. The van der Waals surface area contributed by atoms with Gasteiger partial charge in [-0.05, 0) is 36.1 Å². The number of carbonyl (C=O) groups excluding carboxylic acids is 2. The minimum absolute atomic E-state index is 0.0156. The fourth-order valence-electron chi connectivity index (χ4n) is 3.76. The third-order valence-corrected chi connectivity index (χ3v) is 5.94. The van der Waals surface area contributed by atoms with Gasteiger partial charge in [-0.15, -0.1) is 0 Å². The van der Waals surface area contributed by atoms with E-state index in [2.05, 4.69) is 62.1 Å². The number of nitrogens with one attached hydrogen (secondary N) is 2. The number of rotatable bonds is 8. The van der Waals surface area contributed by atoms with Gasteiger partial charge in [0, 0.05) is 57.3 Å². The molecule has 0 aliphatic carbocycles. The summed E-state index contributed by atoms with van der Waals surface area (Å²) in [5, 5.41) is 5.92. The molecule has 2 N–H and O–H groups in total. The van der Waals surface area contributed by atoms with Gasteiger partial charge in [-0.1, -0.05) is 46.8 Å². The van der Waals surface area contributed by atoms with E-state index < -0.39 is 0 Å². The SMILES string of the molecule is CC(C)C(CNC(=O)CCNC(=O)c1ccc(C(C)(C)C)cc1)N1CCN(C)CC1. The number of nitrogens with zero attached hydrogens (tertiary/aromatic N) is 2. The molecule has 2 rings (SSSR count). The van der Waals surface area contributed by atoms with E-state index in [0.717, 1.165) is 26.2 Å². The Bertz CT molecular complexity index is 686. The number of hydrogen-bond donors (Lipinski definition) is 2. The molecule has 0 bridgehead atoms. The van der Waals surface area contributed by atoms with Crippen LogP contribution in [0, 0.1) is 5.92 Å². The van der Waals surface area contributed by atoms with Crippen molar-refractivity contribution in [2.45, 2.75) is 52.5 Å². The molecule has 0 aromatic heterocycles. The Morgan fingerprint density at radius 1 is 1.00 bits per heavy atom. The summed E-state index contributed by atoms with van der Waals surface area (Å²) in [7, 11) is 2.15. The highest BCUT2D eigenvalue weighted by atomic mass is 16.2. The highest BCUT2D eigenvalue weighted by Crippen LogP contribution is 2.22. The van der Waals surface area contributed by atoms with Crippen LogP contribution in [0.4, 0.5) is 0 Å². The highest BCUT2D eigenvalue weighted by molar-refractivity contribution is 5.94. The molecule has 30 heavy (non-hydrogen) atoms. The Balaban J connectivity index is 1.74. The first kappa shape index (κ1) is 24.4. The second-order valence-corrected chi connectivity index (χ2v) is 9.79. The topological polar surface area (TPSA) is 64.7 Å². The van der Waals surface area contributed by atoms with Crippen molar-refractivity contribution >= 4 is 11.8 Å². The molecule has 0 saturated carbocycles. The van der Waals surface area contributed by atoms with Gasteiger partial charge >= 0.3 is 0 Å². The van der Waals surface area contributed by atoms with Gasteiger partial charge in [0.1, 0.15) is 0 Å². The molecule has 1 aromatic carbocycles. The number of piperazine rings is 1. The molecular weight excluding hydrogens is 376 g/mol. The summed E-state index contributed by atoms with van der Waals surface area (Å²) in [6.45, 7) is 16.1. The molecule has 1 aliphatic heterocycles. The zero-order valence-corrected chi connectivity index (χ0v) is 19.6. The summed E-state index contributed by atoms with van der Waals surface area (Å²) >= 11 is 0. The molecule has 1 atom stereocenters. The van der Waals surface area contributed by atoms with Crippen LogP contribution >= 0.6 is 0 Å². The second-order valence-electron chi connectivity index (χ2n) is 9.79. The van der Waals surface area contributed by atoms with Gasteiger partial charge in [0.25, 0.3) is 5.91 Å². The van der Waals surface area contributed by atoms with Crippen molar-refractivity contribution in [3.63, 3.8) is 0 Å². The Kier molecular flexibility index (Phi) is 8.86. The molecule has 1 aliphatic rings. The minimum Gasteiger partial charge on any atom is -0.354 e. The maximum Gasteiger partial charge on any atom is 0.251 e. The zero-order valence-electron chi connectivity index (χ0n) is 19.6. The van der Waals surface area contributed by atoms with Crippen LogP contribution in [-0.2, 0) is 10.2 Å². The van der Waals surface area contributed by atoms with Crippen LogP contribution < -0.4 is 10.6 Å². The highest BCUT2D eigenvalue weighted by Gasteiger charge is 2.25. The molecule has 2 amide bonds. The smallest absolute Gasteiger partial charge is 0.251 e. The zero-order chi connectivity index (χ0) is 22.3. The van der Waals surface area contributed by atoms with E-state index in [-0.39, 0.29) is 17.2 Å². The number of likely N-dealkylation sites (N-methyl/N-ethyl adjacent to an activating group) is 1. The fourth-order valence-corrected chi connectivity index (χ4v) is 3.76. The molecule has 1 saturated heterocycles. The molecular formula is C24H40N4O2. The van der Waals surface area contributed by atoms with Gasteiger partial charge in [-0.2, -0.15) is 0 Å². The quantitative estimate of drug-likeness (QED) is 0.683. The molecule has 0 spiro atoms. The lowest BCUT2D eigenvalue weighted by atomic mass is 9.87. The van der Waals surface area contributed by atoms with Crippen LogP contribution in [0.1, 0.15) is 57.0 Å². The molecule has 6 nitrogen and oxygen atoms in total. The first-order valence-corrected chi connectivity index (χ1v) is 11.2. The van der Waals surface area contributed by atoms with Crippen LogP contribution in [0.2, 0.25) is 0 Å². The van der Waals surface area contributed by atoms with E-state index in [4.69, 9.17) is 0 Å². The molecule has 1 heterocycles. The predicted molar refractivity (Wildman–Crippen MR) is 123 cm³/mol. The lowest BCUT2D eigenvalue weighted by Gasteiger charge is -2.39. The van der Waals surface area contributed by atoms with Crippen molar-refractivity contribution in [2.75, 3.05) is 46.3 Å². The second kappa shape index (κ2) is 10.9. The molecule has 168 valence electrons. The van der Waals surface area contributed by atoms with E-state index in [1.165, 1.54) is 5.56 Å². The number of carbonyl (C=O) groups is 2. The van der Waals surface area contributed by atoms with E-state index in [9.17, 15) is 9.59 Å². The number of amides is 2. The molecule has 1 unspecified atom stereocenters. The Morgan fingerprint density at radius 2 is 1.60 bits per heavy atom. The van der Waals surface area contributed by atoms with Crippen molar-refractivity contribution in [1.82, 2.24) is 20.4 Å². The minimum atomic E-state index is -0.138. The maximum atomic E-state index is 12.3. The van der Waals surface area contributed by atoms with Crippen molar-refractivity contribution < 1.29 is 9.59 Å². The first-order chi connectivity index (χ1) is 14.1. The van der Waals surface area contributed by atoms with Gasteiger partial charge in [0.2, 0.25) is 5.91 Å². The van der Waals surface area contributed by atoms with Crippen molar-refractivity contribution in [3.05, 3.63) is 35.4 Å². The monoisotopic (exact) mass is 416 g/mol. The number of benzene rings is 1. The Labute approximate surface area is 182 Å². The van der Waals surface area contributed by atoms with Crippen LogP contribution in [0.15, 0.2) is 24.3 Å². The average molecular weight is 417 g/mol. The first-order valence-electron chi connectivity index (χ1n) is 11.2. The van der Waals surface area contributed by atoms with Gasteiger partial charge in [0.05, 0.1) is 0 Å². The van der Waals surface area contributed by atoms with Crippen LogP contribution in [0.25, 0.3) is 0 Å². The van der Waals surface area contributed by atoms with Crippen LogP contribution in [-0.4, -0.2) is 74.0 Å². The Hall–Kier alpha value is -1.92. The van der Waals surface area contributed by atoms with Crippen LogP contribution in [0.5, 0.6) is 0 Å². The summed E-state index contributed by atoms with van der Waals surface area (Å²) in [6.07, 6.45) is 0.291.